The first-order valence-corrected chi connectivity index (χ1v) is 6.82. The standard InChI is InChI=1S/C13H23N3O4/c1-4-13(2,3)20-12(19)15-8-10(17)16-7-5-6-9(16)11(14)18/h9H,4-8H2,1-3H3,(H2,14,18)(H,15,19)/t9-/m0/s1. The second-order valence-electron chi connectivity index (χ2n) is 5.50. The van der Waals surface area contributed by atoms with Gasteiger partial charge in [0, 0.05) is 6.54 Å². The van der Waals surface area contributed by atoms with Crippen molar-refractivity contribution in [3.05, 3.63) is 0 Å². The predicted octanol–water partition coefficient (Wildman–Crippen LogP) is 0.378. The fourth-order valence-electron chi connectivity index (χ4n) is 1.97. The van der Waals surface area contributed by atoms with Crippen LogP contribution >= 0.6 is 0 Å². The number of alkyl carbamates (subject to hydrolysis) is 1. The van der Waals surface area contributed by atoms with Gasteiger partial charge in [-0.15, -0.1) is 0 Å². The first-order chi connectivity index (χ1) is 9.26. The van der Waals surface area contributed by atoms with Gasteiger partial charge in [-0.25, -0.2) is 4.79 Å². The van der Waals surface area contributed by atoms with Crippen LogP contribution in [0.4, 0.5) is 4.79 Å². The van der Waals surface area contributed by atoms with Crippen molar-refractivity contribution in [3.8, 4) is 0 Å². The van der Waals surface area contributed by atoms with E-state index in [1.165, 1.54) is 4.90 Å². The monoisotopic (exact) mass is 285 g/mol. The average molecular weight is 285 g/mol. The van der Waals surface area contributed by atoms with E-state index in [0.717, 1.165) is 6.42 Å². The van der Waals surface area contributed by atoms with Crippen molar-refractivity contribution in [1.82, 2.24) is 10.2 Å². The summed E-state index contributed by atoms with van der Waals surface area (Å²) in [6.07, 6.45) is 1.35. The van der Waals surface area contributed by atoms with E-state index in [0.29, 0.717) is 19.4 Å². The highest BCUT2D eigenvalue weighted by molar-refractivity contribution is 5.89. The van der Waals surface area contributed by atoms with Crippen molar-refractivity contribution in [2.24, 2.45) is 5.73 Å². The zero-order valence-corrected chi connectivity index (χ0v) is 12.3. The van der Waals surface area contributed by atoms with Crippen LogP contribution in [0.3, 0.4) is 0 Å². The number of carbonyl (C=O) groups is 3. The maximum Gasteiger partial charge on any atom is 0.408 e. The average Bonchev–Trinajstić information content (AvgIpc) is 2.84. The van der Waals surface area contributed by atoms with Crippen molar-refractivity contribution in [2.75, 3.05) is 13.1 Å². The van der Waals surface area contributed by atoms with Gasteiger partial charge in [0.15, 0.2) is 0 Å². The van der Waals surface area contributed by atoms with Gasteiger partial charge in [0.25, 0.3) is 0 Å². The summed E-state index contributed by atoms with van der Waals surface area (Å²) in [4.78, 5) is 36.1. The number of primary amides is 1. The van der Waals surface area contributed by atoms with E-state index in [1.807, 2.05) is 6.92 Å². The van der Waals surface area contributed by atoms with E-state index in [2.05, 4.69) is 5.32 Å². The zero-order chi connectivity index (χ0) is 15.3. The summed E-state index contributed by atoms with van der Waals surface area (Å²) >= 11 is 0. The lowest BCUT2D eigenvalue weighted by atomic mass is 10.1. The van der Waals surface area contributed by atoms with Crippen LogP contribution in [0.1, 0.15) is 40.0 Å². The van der Waals surface area contributed by atoms with E-state index < -0.39 is 23.6 Å². The van der Waals surface area contributed by atoms with Gasteiger partial charge in [-0.1, -0.05) is 6.92 Å². The maximum atomic E-state index is 11.9. The molecule has 3 N–H and O–H groups in total. The van der Waals surface area contributed by atoms with Crippen LogP contribution in [0.5, 0.6) is 0 Å². The molecule has 7 heteroatoms. The van der Waals surface area contributed by atoms with Gasteiger partial charge in [0.1, 0.15) is 18.2 Å². The molecule has 1 rings (SSSR count). The van der Waals surface area contributed by atoms with Crippen LogP contribution in [0.25, 0.3) is 0 Å². The number of rotatable bonds is 5. The lowest BCUT2D eigenvalue weighted by Crippen LogP contribution is -2.48. The quantitative estimate of drug-likeness (QED) is 0.762. The lowest BCUT2D eigenvalue weighted by Gasteiger charge is -2.25. The highest BCUT2D eigenvalue weighted by Crippen LogP contribution is 2.17. The fraction of sp³-hybridized carbons (Fsp3) is 0.769. The second-order valence-corrected chi connectivity index (χ2v) is 5.50. The van der Waals surface area contributed by atoms with Gasteiger partial charge in [-0.3, -0.25) is 9.59 Å². The number of amides is 3. The summed E-state index contributed by atoms with van der Waals surface area (Å²) in [6, 6.07) is -0.563. The van der Waals surface area contributed by atoms with Crippen molar-refractivity contribution in [1.29, 1.82) is 0 Å². The fourth-order valence-corrected chi connectivity index (χ4v) is 1.97. The number of hydrogen-bond acceptors (Lipinski definition) is 4. The molecule has 3 amide bonds. The van der Waals surface area contributed by atoms with Gasteiger partial charge in [0.05, 0.1) is 0 Å². The van der Waals surface area contributed by atoms with Crippen LogP contribution < -0.4 is 11.1 Å². The molecule has 0 aromatic rings. The molecular weight excluding hydrogens is 262 g/mol. The number of nitrogens with one attached hydrogen (secondary N) is 1. The van der Waals surface area contributed by atoms with Crippen molar-refractivity contribution in [3.63, 3.8) is 0 Å². The number of nitrogens with two attached hydrogens (primary N) is 1. The van der Waals surface area contributed by atoms with E-state index in [1.54, 1.807) is 13.8 Å². The number of nitrogens with zero attached hydrogens (tertiary/aromatic N) is 1. The Morgan fingerprint density at radius 1 is 1.40 bits per heavy atom. The van der Waals surface area contributed by atoms with E-state index >= 15 is 0 Å². The Bertz CT molecular complexity index is 395. The maximum absolute atomic E-state index is 11.9. The van der Waals surface area contributed by atoms with E-state index in [-0.39, 0.29) is 12.5 Å². The zero-order valence-electron chi connectivity index (χ0n) is 12.3. The molecule has 20 heavy (non-hydrogen) atoms. The largest absolute Gasteiger partial charge is 0.444 e. The van der Waals surface area contributed by atoms with Gasteiger partial charge < -0.3 is 20.7 Å². The Morgan fingerprint density at radius 2 is 2.05 bits per heavy atom. The topological polar surface area (TPSA) is 102 Å². The Labute approximate surface area is 118 Å². The summed E-state index contributed by atoms with van der Waals surface area (Å²) in [5.41, 5.74) is 4.67. The molecular formula is C13H23N3O4. The first-order valence-electron chi connectivity index (χ1n) is 6.82. The third-order valence-corrected chi connectivity index (χ3v) is 3.51. The Kier molecular flexibility index (Phi) is 5.35. The van der Waals surface area contributed by atoms with Gasteiger partial charge in [-0.05, 0) is 33.1 Å². The third-order valence-electron chi connectivity index (χ3n) is 3.51. The van der Waals surface area contributed by atoms with E-state index in [9.17, 15) is 14.4 Å². The number of hydrogen-bond donors (Lipinski definition) is 2. The van der Waals surface area contributed by atoms with Crippen molar-refractivity contribution >= 4 is 17.9 Å². The van der Waals surface area contributed by atoms with Gasteiger partial charge in [-0.2, -0.15) is 0 Å². The van der Waals surface area contributed by atoms with Crippen LogP contribution in [0.15, 0.2) is 0 Å². The van der Waals surface area contributed by atoms with Crippen LogP contribution in [0, 0.1) is 0 Å². The minimum atomic E-state index is -0.639. The Morgan fingerprint density at radius 3 is 2.60 bits per heavy atom. The second kappa shape index (κ2) is 6.58. The van der Waals surface area contributed by atoms with Gasteiger partial charge in [0.2, 0.25) is 11.8 Å². The molecule has 114 valence electrons. The molecule has 1 aliphatic rings. The molecule has 1 saturated heterocycles. The number of likely N-dealkylation sites (tertiary alicyclic amines) is 1. The molecule has 1 aliphatic heterocycles. The molecule has 0 spiro atoms. The van der Waals surface area contributed by atoms with Gasteiger partial charge >= 0.3 is 6.09 Å². The van der Waals surface area contributed by atoms with Crippen molar-refractivity contribution < 1.29 is 19.1 Å². The summed E-state index contributed by atoms with van der Waals surface area (Å²) in [5, 5.41) is 2.40. The molecule has 0 bridgehead atoms. The molecule has 0 aromatic carbocycles. The summed E-state index contributed by atoms with van der Waals surface area (Å²) in [7, 11) is 0. The van der Waals surface area contributed by atoms with Crippen LogP contribution in [-0.2, 0) is 14.3 Å². The first kappa shape index (κ1) is 16.3. The predicted molar refractivity (Wildman–Crippen MR) is 72.8 cm³/mol. The molecule has 0 unspecified atom stereocenters. The molecule has 0 aromatic heterocycles. The lowest BCUT2D eigenvalue weighted by molar-refractivity contribution is -0.136. The van der Waals surface area contributed by atoms with Crippen molar-refractivity contribution in [2.45, 2.75) is 51.7 Å². The third kappa shape index (κ3) is 4.40. The van der Waals surface area contributed by atoms with E-state index in [4.69, 9.17) is 10.5 Å². The summed E-state index contributed by atoms with van der Waals surface area (Å²) in [6.45, 7) is 5.78. The molecule has 1 heterocycles. The number of carbonyl (C=O) groups excluding carboxylic acids is 3. The summed E-state index contributed by atoms with van der Waals surface area (Å²) < 4.78 is 5.16. The molecule has 0 radical (unpaired) electrons. The smallest absolute Gasteiger partial charge is 0.408 e. The molecule has 0 aliphatic carbocycles. The molecule has 1 fully saturated rings. The van der Waals surface area contributed by atoms with Crippen LogP contribution in [0.2, 0.25) is 0 Å². The Hall–Kier alpha value is -1.79. The molecule has 0 saturated carbocycles. The summed E-state index contributed by atoms with van der Waals surface area (Å²) in [5.74, 6) is -0.830. The SMILES string of the molecule is CCC(C)(C)OC(=O)NCC(=O)N1CCC[C@H]1C(N)=O. The minimum Gasteiger partial charge on any atom is -0.444 e. The number of ether oxygens (including phenoxy) is 1. The Balaban J connectivity index is 2.43. The molecule has 1 atom stereocenters. The molecule has 7 nitrogen and oxygen atoms in total. The highest BCUT2D eigenvalue weighted by atomic mass is 16.6. The minimum absolute atomic E-state index is 0.192. The normalized spacial score (nSPS) is 18.8. The van der Waals surface area contributed by atoms with Crippen LogP contribution in [-0.4, -0.2) is 47.5 Å². The highest BCUT2D eigenvalue weighted by Gasteiger charge is 2.32.